The van der Waals surface area contributed by atoms with E-state index in [0.717, 1.165) is 0 Å². The first kappa shape index (κ1) is 12.1. The molecular formula is C10H13N3O3. The normalized spacial score (nSPS) is 11.9. The van der Waals surface area contributed by atoms with Gasteiger partial charge >= 0.3 is 5.97 Å². The van der Waals surface area contributed by atoms with Crippen LogP contribution in [0.25, 0.3) is 0 Å². The number of rotatable bonds is 4. The van der Waals surface area contributed by atoms with Gasteiger partial charge in [0.15, 0.2) is 0 Å². The van der Waals surface area contributed by atoms with Crippen molar-refractivity contribution in [1.82, 2.24) is 10.3 Å². The minimum atomic E-state index is -1.06. The Bertz CT molecular complexity index is 389. The average molecular weight is 223 g/mol. The summed E-state index contributed by atoms with van der Waals surface area (Å²) in [6.07, 6.45) is 1.64. The molecule has 0 unspecified atom stereocenters. The van der Waals surface area contributed by atoms with Crippen molar-refractivity contribution < 1.29 is 14.7 Å². The Morgan fingerprint density at radius 3 is 2.69 bits per heavy atom. The second kappa shape index (κ2) is 5.22. The number of carboxylic acids is 1. The van der Waals surface area contributed by atoms with Crippen LogP contribution in [0.4, 0.5) is 0 Å². The lowest BCUT2D eigenvalue weighted by Gasteiger charge is -2.06. The number of carbonyl (C=O) groups excluding carboxylic acids is 1. The Kier molecular flexibility index (Phi) is 3.96. The highest BCUT2D eigenvalue weighted by molar-refractivity contribution is 5.91. The second-order valence-electron chi connectivity index (χ2n) is 3.28. The van der Waals surface area contributed by atoms with Crippen molar-refractivity contribution in [2.24, 2.45) is 5.73 Å². The lowest BCUT2D eigenvalue weighted by molar-refractivity contribution is -0.138. The van der Waals surface area contributed by atoms with Crippen LogP contribution >= 0.6 is 0 Å². The number of nitrogens with zero attached hydrogens (tertiary/aromatic N) is 1. The molecule has 0 aliphatic carbocycles. The highest BCUT2D eigenvalue weighted by Gasteiger charge is 2.12. The van der Waals surface area contributed by atoms with Crippen LogP contribution in [0.15, 0.2) is 18.3 Å². The van der Waals surface area contributed by atoms with Gasteiger partial charge in [-0.15, -0.1) is 0 Å². The number of amides is 1. The first-order valence-corrected chi connectivity index (χ1v) is 4.70. The summed E-state index contributed by atoms with van der Waals surface area (Å²) in [5, 5.41) is 11.1. The number of nitrogens with two attached hydrogens (primary N) is 1. The summed E-state index contributed by atoms with van der Waals surface area (Å²) in [7, 11) is 1.51. The van der Waals surface area contributed by atoms with Gasteiger partial charge in [-0.1, -0.05) is 6.07 Å². The largest absolute Gasteiger partial charge is 0.480 e. The van der Waals surface area contributed by atoms with Gasteiger partial charge in [0, 0.05) is 13.2 Å². The molecule has 0 radical (unpaired) electrons. The van der Waals surface area contributed by atoms with Crippen LogP contribution in [-0.4, -0.2) is 35.1 Å². The number of carbonyl (C=O) groups is 2. The maximum atomic E-state index is 11.2. The third-order valence-corrected chi connectivity index (χ3v) is 2.06. The molecule has 6 heteroatoms. The van der Waals surface area contributed by atoms with E-state index in [1.807, 2.05) is 0 Å². The predicted octanol–water partition coefficient (Wildman–Crippen LogP) is -0.604. The molecule has 16 heavy (non-hydrogen) atoms. The molecule has 1 aromatic rings. The molecule has 6 nitrogen and oxygen atoms in total. The maximum Gasteiger partial charge on any atom is 0.320 e. The minimum Gasteiger partial charge on any atom is -0.480 e. The molecule has 0 saturated carbocycles. The summed E-state index contributed by atoms with van der Waals surface area (Å²) in [4.78, 5) is 25.6. The quantitative estimate of drug-likeness (QED) is 0.631. The molecule has 4 N–H and O–H groups in total. The Labute approximate surface area is 92.5 Å². The van der Waals surface area contributed by atoms with Gasteiger partial charge in [-0.25, -0.2) is 0 Å². The van der Waals surface area contributed by atoms with E-state index in [1.165, 1.54) is 19.3 Å². The smallest absolute Gasteiger partial charge is 0.320 e. The summed E-state index contributed by atoms with van der Waals surface area (Å²) < 4.78 is 0. The Morgan fingerprint density at radius 2 is 2.25 bits per heavy atom. The number of carboxylic acid groups (broad SMARTS) is 1. The highest BCUT2D eigenvalue weighted by Crippen LogP contribution is 2.03. The van der Waals surface area contributed by atoms with Gasteiger partial charge in [0.05, 0.1) is 0 Å². The molecule has 1 atom stereocenters. The van der Waals surface area contributed by atoms with Gasteiger partial charge < -0.3 is 16.2 Å². The van der Waals surface area contributed by atoms with Crippen LogP contribution in [0, 0.1) is 0 Å². The standard InChI is InChI=1S/C10H13N3O3/c1-12-9(14)8-3-2-6(5-13-8)4-7(11)10(15)16/h2-3,5,7H,4,11H2,1H3,(H,12,14)(H,15,16)/t7-/m0/s1. The fourth-order valence-electron chi connectivity index (χ4n) is 1.15. The fourth-order valence-corrected chi connectivity index (χ4v) is 1.15. The Balaban J connectivity index is 2.72. The molecule has 1 aromatic heterocycles. The molecule has 0 saturated heterocycles. The SMILES string of the molecule is CNC(=O)c1ccc(C[C@H](N)C(=O)O)cn1. The molecule has 0 aromatic carbocycles. The number of aliphatic carboxylic acids is 1. The van der Waals surface area contributed by atoms with Crippen LogP contribution < -0.4 is 11.1 Å². The molecule has 86 valence electrons. The van der Waals surface area contributed by atoms with Gasteiger partial charge in [-0.3, -0.25) is 14.6 Å². The molecule has 0 bridgehead atoms. The van der Waals surface area contributed by atoms with Crippen molar-refractivity contribution in [2.45, 2.75) is 12.5 Å². The van der Waals surface area contributed by atoms with E-state index in [2.05, 4.69) is 10.3 Å². The van der Waals surface area contributed by atoms with E-state index >= 15 is 0 Å². The lowest BCUT2D eigenvalue weighted by Crippen LogP contribution is -2.32. The lowest BCUT2D eigenvalue weighted by atomic mass is 10.1. The van der Waals surface area contributed by atoms with Crippen molar-refractivity contribution in [2.75, 3.05) is 7.05 Å². The van der Waals surface area contributed by atoms with Crippen molar-refractivity contribution in [1.29, 1.82) is 0 Å². The summed E-state index contributed by atoms with van der Waals surface area (Å²) in [5.74, 6) is -1.34. The monoisotopic (exact) mass is 223 g/mol. The molecule has 1 rings (SSSR count). The minimum absolute atomic E-state index is 0.191. The zero-order chi connectivity index (χ0) is 12.1. The zero-order valence-electron chi connectivity index (χ0n) is 8.80. The number of aromatic nitrogens is 1. The van der Waals surface area contributed by atoms with Crippen LogP contribution in [0.1, 0.15) is 16.1 Å². The number of nitrogens with one attached hydrogen (secondary N) is 1. The van der Waals surface area contributed by atoms with E-state index in [0.29, 0.717) is 5.56 Å². The number of pyridine rings is 1. The van der Waals surface area contributed by atoms with Crippen molar-refractivity contribution in [3.63, 3.8) is 0 Å². The molecule has 0 spiro atoms. The molecule has 1 amide bonds. The number of hydrogen-bond donors (Lipinski definition) is 3. The van der Waals surface area contributed by atoms with Crippen molar-refractivity contribution in [3.8, 4) is 0 Å². The van der Waals surface area contributed by atoms with E-state index in [1.54, 1.807) is 6.07 Å². The van der Waals surface area contributed by atoms with Crippen molar-refractivity contribution in [3.05, 3.63) is 29.6 Å². The summed E-state index contributed by atoms with van der Waals surface area (Å²) >= 11 is 0. The first-order valence-electron chi connectivity index (χ1n) is 4.70. The maximum absolute atomic E-state index is 11.2. The summed E-state index contributed by atoms with van der Waals surface area (Å²) in [6, 6.07) is 2.22. The van der Waals surface area contributed by atoms with Crippen LogP contribution in [-0.2, 0) is 11.2 Å². The molecular weight excluding hydrogens is 210 g/mol. The van der Waals surface area contributed by atoms with E-state index in [9.17, 15) is 9.59 Å². The molecule has 0 aliphatic rings. The van der Waals surface area contributed by atoms with E-state index < -0.39 is 12.0 Å². The summed E-state index contributed by atoms with van der Waals surface area (Å²) in [6.45, 7) is 0. The third-order valence-electron chi connectivity index (χ3n) is 2.06. The van der Waals surface area contributed by atoms with Gasteiger partial charge in [0.2, 0.25) is 0 Å². The second-order valence-corrected chi connectivity index (χ2v) is 3.28. The molecule has 0 fully saturated rings. The van der Waals surface area contributed by atoms with Gasteiger partial charge in [0.1, 0.15) is 11.7 Å². The molecule has 1 heterocycles. The predicted molar refractivity (Wildman–Crippen MR) is 56.9 cm³/mol. The van der Waals surface area contributed by atoms with E-state index in [4.69, 9.17) is 10.8 Å². The first-order chi connectivity index (χ1) is 7.54. The summed E-state index contributed by atoms with van der Waals surface area (Å²) in [5.41, 5.74) is 6.34. The highest BCUT2D eigenvalue weighted by atomic mass is 16.4. The van der Waals surface area contributed by atoms with Crippen molar-refractivity contribution >= 4 is 11.9 Å². The van der Waals surface area contributed by atoms with Crippen LogP contribution in [0.2, 0.25) is 0 Å². The number of hydrogen-bond acceptors (Lipinski definition) is 4. The van der Waals surface area contributed by atoms with Crippen LogP contribution in [0.3, 0.4) is 0 Å². The molecule has 0 aliphatic heterocycles. The third kappa shape index (κ3) is 3.03. The average Bonchev–Trinajstić information content (AvgIpc) is 2.28. The van der Waals surface area contributed by atoms with Gasteiger partial charge in [-0.2, -0.15) is 0 Å². The fraction of sp³-hybridized carbons (Fsp3) is 0.300. The van der Waals surface area contributed by atoms with Crippen LogP contribution in [0.5, 0.6) is 0 Å². The zero-order valence-corrected chi connectivity index (χ0v) is 8.80. The van der Waals surface area contributed by atoms with E-state index in [-0.39, 0.29) is 18.0 Å². The Hall–Kier alpha value is -1.95. The topological polar surface area (TPSA) is 105 Å². The van der Waals surface area contributed by atoms with Gasteiger partial charge in [0.25, 0.3) is 5.91 Å². The van der Waals surface area contributed by atoms with Gasteiger partial charge in [-0.05, 0) is 18.1 Å². The Morgan fingerprint density at radius 1 is 1.56 bits per heavy atom.